The number of hydrogen-bond acceptors (Lipinski definition) is 3. The van der Waals surface area contributed by atoms with E-state index in [9.17, 15) is 0 Å². The largest absolute Gasteiger partial charge is 0.455 e. The number of rotatable bonds is 5. The van der Waals surface area contributed by atoms with E-state index >= 15 is 0 Å². The molecule has 0 spiro atoms. The van der Waals surface area contributed by atoms with Crippen molar-refractivity contribution in [2.75, 3.05) is 0 Å². The predicted molar refractivity (Wildman–Crippen MR) is 232 cm³/mol. The van der Waals surface area contributed by atoms with Gasteiger partial charge in [0.1, 0.15) is 11.2 Å². The molecule has 0 atom stereocenters. The molecule has 2 heterocycles. The first-order chi connectivity index (χ1) is 27.5. The molecule has 0 bridgehead atoms. The molecule has 0 fully saturated rings. The predicted octanol–water partition coefficient (Wildman–Crippen LogP) is 14.2. The van der Waals surface area contributed by atoms with Crippen molar-refractivity contribution in [2.45, 2.75) is 19.3 Å². The lowest BCUT2D eigenvalue weighted by atomic mass is 9.82. The van der Waals surface area contributed by atoms with Gasteiger partial charge in [0, 0.05) is 38.4 Å². The van der Waals surface area contributed by atoms with E-state index in [1.165, 1.54) is 27.6 Å². The molecule has 0 N–H and O–H groups in total. The Morgan fingerprint density at radius 3 is 1.95 bits per heavy atom. The summed E-state index contributed by atoms with van der Waals surface area (Å²) < 4.78 is 6.57. The average Bonchev–Trinajstić information content (AvgIpc) is 3.75. The Morgan fingerprint density at radius 1 is 0.393 bits per heavy atom. The van der Waals surface area contributed by atoms with Crippen LogP contribution < -0.4 is 0 Å². The lowest BCUT2D eigenvalue weighted by Gasteiger charge is -2.22. The fraction of sp³-hybridized carbons (Fsp3) is 0.0566. The molecular weight excluding hydrogens is 681 g/mol. The molecule has 10 aromatic rings. The number of para-hydroxylation sites is 2. The molecule has 264 valence electrons. The first-order valence-electron chi connectivity index (χ1n) is 19.2. The summed E-state index contributed by atoms with van der Waals surface area (Å²) in [6.45, 7) is 4.65. The van der Waals surface area contributed by atoms with Crippen molar-refractivity contribution in [1.29, 1.82) is 0 Å². The fourth-order valence-corrected chi connectivity index (χ4v) is 8.77. The van der Waals surface area contributed by atoms with Crippen LogP contribution in [-0.4, -0.2) is 9.97 Å². The van der Waals surface area contributed by atoms with Crippen molar-refractivity contribution in [1.82, 2.24) is 9.97 Å². The van der Waals surface area contributed by atoms with Crippen LogP contribution in [0.1, 0.15) is 25.0 Å². The minimum atomic E-state index is -0.129. The van der Waals surface area contributed by atoms with Crippen molar-refractivity contribution in [3.05, 3.63) is 193 Å². The van der Waals surface area contributed by atoms with E-state index in [4.69, 9.17) is 14.4 Å². The lowest BCUT2D eigenvalue weighted by molar-refractivity contribution is 0.660. The van der Waals surface area contributed by atoms with Gasteiger partial charge in [-0.1, -0.05) is 153 Å². The maximum atomic E-state index is 6.57. The van der Waals surface area contributed by atoms with Crippen LogP contribution in [-0.2, 0) is 5.41 Å². The Balaban J connectivity index is 1.14. The second kappa shape index (κ2) is 12.5. The summed E-state index contributed by atoms with van der Waals surface area (Å²) in [6.07, 6.45) is 0. The highest BCUT2D eigenvalue weighted by Crippen LogP contribution is 2.49. The quantitative estimate of drug-likeness (QED) is 0.178. The fourth-order valence-electron chi connectivity index (χ4n) is 8.77. The molecule has 0 aliphatic heterocycles. The van der Waals surface area contributed by atoms with Crippen LogP contribution in [0.5, 0.6) is 0 Å². The van der Waals surface area contributed by atoms with Crippen molar-refractivity contribution >= 4 is 32.7 Å². The maximum absolute atomic E-state index is 6.57. The third-order valence-electron chi connectivity index (χ3n) is 11.7. The molecule has 0 radical (unpaired) electrons. The van der Waals surface area contributed by atoms with Crippen LogP contribution in [0.2, 0.25) is 0 Å². The summed E-state index contributed by atoms with van der Waals surface area (Å²) in [7, 11) is 0. The molecule has 1 aliphatic carbocycles. The molecule has 1 aliphatic rings. The van der Waals surface area contributed by atoms with Crippen LogP contribution in [0.3, 0.4) is 0 Å². The van der Waals surface area contributed by atoms with Gasteiger partial charge in [0.25, 0.3) is 0 Å². The van der Waals surface area contributed by atoms with Crippen molar-refractivity contribution in [2.24, 2.45) is 0 Å². The van der Waals surface area contributed by atoms with Gasteiger partial charge in [-0.3, -0.25) is 0 Å². The number of aromatic nitrogens is 2. The smallest absolute Gasteiger partial charge is 0.160 e. The second-order valence-corrected chi connectivity index (χ2v) is 15.4. The lowest BCUT2D eigenvalue weighted by Crippen LogP contribution is -2.14. The van der Waals surface area contributed by atoms with E-state index in [-0.39, 0.29) is 5.41 Å². The van der Waals surface area contributed by atoms with E-state index in [0.29, 0.717) is 5.82 Å². The number of fused-ring (bicyclic) bond motifs is 7. The number of benzene rings is 8. The summed E-state index contributed by atoms with van der Waals surface area (Å²) in [5, 5.41) is 4.57. The molecule has 0 saturated heterocycles. The topological polar surface area (TPSA) is 38.9 Å². The van der Waals surface area contributed by atoms with Crippen LogP contribution in [0.4, 0.5) is 0 Å². The molecule has 8 aromatic carbocycles. The Hall–Kier alpha value is -7.10. The van der Waals surface area contributed by atoms with Crippen LogP contribution in [0, 0.1) is 0 Å². The van der Waals surface area contributed by atoms with E-state index in [1.807, 2.05) is 12.1 Å². The van der Waals surface area contributed by atoms with Crippen molar-refractivity contribution < 1.29 is 4.42 Å². The molecule has 11 rings (SSSR count). The summed E-state index contributed by atoms with van der Waals surface area (Å²) in [4.78, 5) is 10.7. The highest BCUT2D eigenvalue weighted by molar-refractivity contribution is 6.10. The molecule has 56 heavy (non-hydrogen) atoms. The minimum Gasteiger partial charge on any atom is -0.455 e. The third kappa shape index (κ3) is 5.20. The normalized spacial score (nSPS) is 13.0. The van der Waals surface area contributed by atoms with E-state index < -0.39 is 0 Å². The van der Waals surface area contributed by atoms with E-state index in [0.717, 1.165) is 77.7 Å². The number of hydrogen-bond donors (Lipinski definition) is 0. The number of nitrogens with zero attached hydrogens (tertiary/aromatic N) is 2. The zero-order chi connectivity index (χ0) is 37.4. The Kier molecular flexibility index (Phi) is 7.20. The van der Waals surface area contributed by atoms with Crippen LogP contribution >= 0.6 is 0 Å². The maximum Gasteiger partial charge on any atom is 0.160 e. The average molecular weight is 717 g/mol. The SMILES string of the molecule is CC1(C)c2ccccc2-c2ccc(-c3cc(-c4cc(-c5ccccc5)cc(-c5cccc6c5oc5ccccc56)c4)nc(-c4ccc5ccccc5c4)n3)cc21. The molecule has 0 saturated carbocycles. The molecular formula is C53H36N2O. The van der Waals surface area contributed by atoms with E-state index in [2.05, 4.69) is 184 Å². The monoisotopic (exact) mass is 716 g/mol. The highest BCUT2D eigenvalue weighted by atomic mass is 16.3. The van der Waals surface area contributed by atoms with Gasteiger partial charge in [-0.05, 0) is 92.2 Å². The first-order valence-corrected chi connectivity index (χ1v) is 19.2. The zero-order valence-electron chi connectivity index (χ0n) is 31.1. The Labute approximate surface area is 325 Å². The molecule has 2 aromatic heterocycles. The number of furan rings is 1. The van der Waals surface area contributed by atoms with Gasteiger partial charge in [0.2, 0.25) is 0 Å². The van der Waals surface area contributed by atoms with Crippen molar-refractivity contribution in [3.63, 3.8) is 0 Å². The van der Waals surface area contributed by atoms with Crippen LogP contribution in [0.15, 0.2) is 186 Å². The van der Waals surface area contributed by atoms with Crippen LogP contribution in [0.25, 0.3) is 100.0 Å². The molecule has 0 amide bonds. The summed E-state index contributed by atoms with van der Waals surface area (Å²) >= 11 is 0. The summed E-state index contributed by atoms with van der Waals surface area (Å²) in [6, 6.07) is 64.8. The third-order valence-corrected chi connectivity index (χ3v) is 11.7. The molecule has 3 nitrogen and oxygen atoms in total. The second-order valence-electron chi connectivity index (χ2n) is 15.4. The molecule has 0 unspecified atom stereocenters. The minimum absolute atomic E-state index is 0.129. The van der Waals surface area contributed by atoms with Gasteiger partial charge in [-0.15, -0.1) is 0 Å². The van der Waals surface area contributed by atoms with Gasteiger partial charge >= 0.3 is 0 Å². The standard InChI is InChI=1S/C53H36N2O/c1-53(2)46-21-10-8-17-42(46)43-26-25-36(31-47(43)53)48-32-49(55-52(54-48)37-24-23-34-15-6-7-16-35(34)27-37)40-29-38(33-13-4-3-5-14-33)28-39(30-40)41-19-12-20-45-44-18-9-11-22-50(44)56-51(41)45/h3-32H,1-2H3. The Morgan fingerprint density at radius 2 is 1.05 bits per heavy atom. The van der Waals surface area contributed by atoms with Gasteiger partial charge < -0.3 is 4.42 Å². The highest BCUT2D eigenvalue weighted by Gasteiger charge is 2.35. The summed E-state index contributed by atoms with van der Waals surface area (Å²) in [5.41, 5.74) is 16.1. The summed E-state index contributed by atoms with van der Waals surface area (Å²) in [5.74, 6) is 0.692. The van der Waals surface area contributed by atoms with Crippen molar-refractivity contribution in [3.8, 4) is 67.3 Å². The zero-order valence-corrected chi connectivity index (χ0v) is 31.1. The van der Waals surface area contributed by atoms with Gasteiger partial charge in [0.05, 0.1) is 11.4 Å². The molecule has 3 heteroatoms. The first kappa shape index (κ1) is 32.3. The van der Waals surface area contributed by atoms with Gasteiger partial charge in [-0.25, -0.2) is 9.97 Å². The van der Waals surface area contributed by atoms with Gasteiger partial charge in [0.15, 0.2) is 5.82 Å². The van der Waals surface area contributed by atoms with E-state index in [1.54, 1.807) is 0 Å². The van der Waals surface area contributed by atoms with Gasteiger partial charge in [-0.2, -0.15) is 0 Å². The Bertz CT molecular complexity index is 3170.